The van der Waals surface area contributed by atoms with E-state index in [2.05, 4.69) is 10.6 Å². The molecule has 2 amide bonds. The van der Waals surface area contributed by atoms with Gasteiger partial charge in [0.2, 0.25) is 0 Å². The molecule has 2 aromatic rings. The van der Waals surface area contributed by atoms with Crippen molar-refractivity contribution in [3.05, 3.63) is 65.5 Å². The van der Waals surface area contributed by atoms with Gasteiger partial charge in [-0.1, -0.05) is 36.4 Å². The number of benzene rings is 2. The van der Waals surface area contributed by atoms with Gasteiger partial charge in [-0.2, -0.15) is 0 Å². The number of amides is 2. The van der Waals surface area contributed by atoms with Gasteiger partial charge in [0.25, 0.3) is 0 Å². The third-order valence-corrected chi connectivity index (χ3v) is 4.21. The molecule has 1 unspecified atom stereocenters. The molecular weight excluding hydrogens is 333 g/mol. The van der Waals surface area contributed by atoms with Crippen LogP contribution < -0.4 is 15.4 Å². The van der Waals surface area contributed by atoms with Crippen molar-refractivity contribution in [3.63, 3.8) is 0 Å². The van der Waals surface area contributed by atoms with Gasteiger partial charge >= 0.3 is 6.03 Å². The Kier molecular flexibility index (Phi) is 7.41. The number of carbonyl (C=O) groups excluding carboxylic acids is 1. The summed E-state index contributed by atoms with van der Waals surface area (Å²) in [4.78, 5) is 14.1. The highest BCUT2D eigenvalue weighted by Crippen LogP contribution is 2.27. The summed E-state index contributed by atoms with van der Waals surface area (Å²) in [5.74, 6) is 0.534. The van der Waals surface area contributed by atoms with E-state index in [9.17, 15) is 9.18 Å². The molecule has 0 radical (unpaired) electrons. The molecule has 0 saturated carbocycles. The maximum absolute atomic E-state index is 13.6. The minimum atomic E-state index is -0.275. The first-order valence-electron chi connectivity index (χ1n) is 8.57. The van der Waals surface area contributed by atoms with Gasteiger partial charge in [-0.25, -0.2) is 9.18 Å². The van der Waals surface area contributed by atoms with E-state index >= 15 is 0 Å². The van der Waals surface area contributed by atoms with Crippen LogP contribution in [-0.2, 0) is 6.42 Å². The minimum absolute atomic E-state index is 0.0246. The van der Waals surface area contributed by atoms with E-state index in [-0.39, 0.29) is 17.9 Å². The standard InChI is InChI=1S/C20H26FN3O2/c1-24(2)18(16-9-5-7-11-19(16)26-3)14-23-20(25)22-13-12-15-8-4-6-10-17(15)21/h4-11,18H,12-14H2,1-3H3,(H2,22,23,25). The normalized spacial score (nSPS) is 11.9. The highest BCUT2D eigenvalue weighted by atomic mass is 19.1. The Morgan fingerprint density at radius 1 is 1.12 bits per heavy atom. The van der Waals surface area contributed by atoms with Gasteiger partial charge < -0.3 is 20.3 Å². The second-order valence-electron chi connectivity index (χ2n) is 6.20. The van der Waals surface area contributed by atoms with Crippen LogP contribution in [0.3, 0.4) is 0 Å². The number of hydrogen-bond acceptors (Lipinski definition) is 3. The summed E-state index contributed by atoms with van der Waals surface area (Å²) >= 11 is 0. The SMILES string of the molecule is COc1ccccc1C(CNC(=O)NCCc1ccccc1F)N(C)C. The van der Waals surface area contributed by atoms with Crippen molar-refractivity contribution in [1.82, 2.24) is 15.5 Å². The molecule has 26 heavy (non-hydrogen) atoms. The van der Waals surface area contributed by atoms with E-state index < -0.39 is 0 Å². The quantitative estimate of drug-likeness (QED) is 0.762. The predicted molar refractivity (Wildman–Crippen MR) is 101 cm³/mol. The highest BCUT2D eigenvalue weighted by molar-refractivity contribution is 5.73. The topological polar surface area (TPSA) is 53.6 Å². The van der Waals surface area contributed by atoms with E-state index in [0.717, 1.165) is 11.3 Å². The summed E-state index contributed by atoms with van der Waals surface area (Å²) in [5.41, 5.74) is 1.60. The van der Waals surface area contributed by atoms with Crippen LogP contribution >= 0.6 is 0 Å². The van der Waals surface area contributed by atoms with Gasteiger partial charge in [-0.15, -0.1) is 0 Å². The number of nitrogens with one attached hydrogen (secondary N) is 2. The Hall–Kier alpha value is -2.60. The molecular formula is C20H26FN3O2. The van der Waals surface area contributed by atoms with Crippen molar-refractivity contribution in [1.29, 1.82) is 0 Å². The van der Waals surface area contributed by atoms with Crippen molar-refractivity contribution in [2.24, 2.45) is 0 Å². The Bertz CT molecular complexity index is 722. The number of urea groups is 1. The van der Waals surface area contributed by atoms with Gasteiger partial charge in [0.05, 0.1) is 13.2 Å². The first-order valence-corrected chi connectivity index (χ1v) is 8.57. The average molecular weight is 359 g/mol. The Balaban J connectivity index is 1.87. The number of carbonyl (C=O) groups is 1. The summed E-state index contributed by atoms with van der Waals surface area (Å²) in [6.07, 6.45) is 0.448. The van der Waals surface area contributed by atoms with Crippen LogP contribution in [-0.4, -0.2) is 45.2 Å². The van der Waals surface area contributed by atoms with Crippen LogP contribution in [0.4, 0.5) is 9.18 Å². The average Bonchev–Trinajstić information content (AvgIpc) is 2.63. The number of nitrogens with zero attached hydrogens (tertiary/aromatic N) is 1. The highest BCUT2D eigenvalue weighted by Gasteiger charge is 2.18. The second-order valence-corrected chi connectivity index (χ2v) is 6.20. The molecule has 6 heteroatoms. The molecule has 2 rings (SSSR count). The molecule has 0 heterocycles. The van der Waals surface area contributed by atoms with Gasteiger partial charge in [0.1, 0.15) is 11.6 Å². The molecule has 0 spiro atoms. The third-order valence-electron chi connectivity index (χ3n) is 4.21. The fraction of sp³-hybridized carbons (Fsp3) is 0.350. The van der Waals surface area contributed by atoms with Gasteiger partial charge in [0.15, 0.2) is 0 Å². The van der Waals surface area contributed by atoms with Gasteiger partial charge in [-0.3, -0.25) is 0 Å². The lowest BCUT2D eigenvalue weighted by atomic mass is 10.0. The van der Waals surface area contributed by atoms with Crippen LogP contribution in [0.5, 0.6) is 5.75 Å². The largest absolute Gasteiger partial charge is 0.496 e. The number of para-hydroxylation sites is 1. The number of likely N-dealkylation sites (N-methyl/N-ethyl adjacent to an activating group) is 1. The Morgan fingerprint density at radius 2 is 1.81 bits per heavy atom. The lowest BCUT2D eigenvalue weighted by Gasteiger charge is -2.26. The molecule has 0 aliphatic carbocycles. The zero-order valence-corrected chi connectivity index (χ0v) is 15.5. The molecule has 1 atom stereocenters. The van der Waals surface area contributed by atoms with Crippen LogP contribution in [0.25, 0.3) is 0 Å². The van der Waals surface area contributed by atoms with Gasteiger partial charge in [0, 0.05) is 18.7 Å². The van der Waals surface area contributed by atoms with E-state index in [1.54, 1.807) is 25.3 Å². The molecule has 0 saturated heterocycles. The molecule has 5 nitrogen and oxygen atoms in total. The molecule has 0 aliphatic heterocycles. The zero-order chi connectivity index (χ0) is 18.9. The van der Waals surface area contributed by atoms with Crippen LogP contribution in [0.1, 0.15) is 17.2 Å². The summed E-state index contributed by atoms with van der Waals surface area (Å²) in [7, 11) is 5.54. The predicted octanol–water partition coefficient (Wildman–Crippen LogP) is 2.98. The number of hydrogen-bond donors (Lipinski definition) is 2. The van der Waals surface area contributed by atoms with Crippen LogP contribution in [0.2, 0.25) is 0 Å². The van der Waals surface area contributed by atoms with Crippen LogP contribution in [0, 0.1) is 5.82 Å². The fourth-order valence-electron chi connectivity index (χ4n) is 2.78. The fourth-order valence-corrected chi connectivity index (χ4v) is 2.78. The van der Waals surface area contributed by atoms with E-state index in [4.69, 9.17) is 4.74 Å². The summed E-state index contributed by atoms with van der Waals surface area (Å²) in [6.45, 7) is 0.799. The zero-order valence-electron chi connectivity index (χ0n) is 15.5. The lowest BCUT2D eigenvalue weighted by molar-refractivity contribution is 0.232. The maximum Gasteiger partial charge on any atom is 0.314 e. The summed E-state index contributed by atoms with van der Waals surface area (Å²) < 4.78 is 19.0. The monoisotopic (exact) mass is 359 g/mol. The molecule has 0 bridgehead atoms. The van der Waals surface area contributed by atoms with Crippen molar-refractivity contribution < 1.29 is 13.9 Å². The van der Waals surface area contributed by atoms with E-state index in [1.807, 2.05) is 43.3 Å². The molecule has 0 fully saturated rings. The first-order chi connectivity index (χ1) is 12.5. The maximum atomic E-state index is 13.6. The minimum Gasteiger partial charge on any atom is -0.496 e. The molecule has 2 N–H and O–H groups in total. The van der Waals surface area contributed by atoms with Gasteiger partial charge in [-0.05, 0) is 38.2 Å². The lowest BCUT2D eigenvalue weighted by Crippen LogP contribution is -2.41. The number of halogens is 1. The Labute approximate surface area is 154 Å². The van der Waals surface area contributed by atoms with Crippen molar-refractivity contribution in [2.45, 2.75) is 12.5 Å². The van der Waals surface area contributed by atoms with Crippen molar-refractivity contribution >= 4 is 6.03 Å². The molecule has 0 aromatic heterocycles. The van der Waals surface area contributed by atoms with E-state index in [1.165, 1.54) is 6.07 Å². The number of methoxy groups -OCH3 is 1. The summed E-state index contributed by atoms with van der Waals surface area (Å²) in [5, 5.41) is 5.64. The number of rotatable bonds is 8. The summed E-state index contributed by atoms with van der Waals surface area (Å²) in [6, 6.07) is 14.0. The smallest absolute Gasteiger partial charge is 0.314 e. The Morgan fingerprint density at radius 3 is 2.50 bits per heavy atom. The number of ether oxygens (including phenoxy) is 1. The first kappa shape index (κ1) is 19.7. The van der Waals surface area contributed by atoms with E-state index in [0.29, 0.717) is 25.1 Å². The molecule has 2 aromatic carbocycles. The molecule has 140 valence electrons. The van der Waals surface area contributed by atoms with Crippen LogP contribution in [0.15, 0.2) is 48.5 Å². The van der Waals surface area contributed by atoms with Crippen molar-refractivity contribution in [2.75, 3.05) is 34.3 Å². The third kappa shape index (κ3) is 5.46. The molecule has 0 aliphatic rings. The van der Waals surface area contributed by atoms with Crippen molar-refractivity contribution in [3.8, 4) is 5.75 Å². The second kappa shape index (κ2) is 9.77.